The van der Waals surface area contributed by atoms with Crippen LogP contribution >= 0.6 is 0 Å². The number of carboxylic acids is 1. The first-order valence-electron chi connectivity index (χ1n) is 23.6. The van der Waals surface area contributed by atoms with E-state index < -0.39 is 12.0 Å². The summed E-state index contributed by atoms with van der Waals surface area (Å²) in [7, 11) is 0. The van der Waals surface area contributed by atoms with Crippen molar-refractivity contribution < 1.29 is 28.8 Å². The van der Waals surface area contributed by atoms with Gasteiger partial charge in [-0.1, -0.05) is 258 Å². The van der Waals surface area contributed by atoms with Gasteiger partial charge in [0.05, 0.1) is 5.97 Å². The fourth-order valence-corrected chi connectivity index (χ4v) is 7.79. The van der Waals surface area contributed by atoms with Gasteiger partial charge in [0.2, 0.25) is 0 Å². The molecule has 0 aromatic rings. The molecule has 1 unspecified atom stereocenters. The van der Waals surface area contributed by atoms with Crippen LogP contribution in [0.4, 0.5) is 0 Å². The smallest absolute Gasteiger partial charge is 0.548 e. The molecule has 0 heterocycles. The molecule has 0 fully saturated rings. The van der Waals surface area contributed by atoms with Gasteiger partial charge in [-0.2, -0.15) is 0 Å². The standard InChI is InChI=1S/C47H95NO2.Li/c1-4-6-8-10-12-14-16-18-20-22-24-26-28-30-32-34-36-38-40-42-44-48(46(3)47(49)50)45-43-41-39-37-35-33-31-29-27-25-23-21-19-17-15-13-11-9-7-5-2;/h46H,4-45H2,1-3H3,(H,49,50);/q;+1/p-1. The fraction of sp³-hybridized carbons (Fsp3) is 0.979. The molecule has 0 radical (unpaired) electrons. The summed E-state index contributed by atoms with van der Waals surface area (Å²) in [5.41, 5.74) is 0. The first-order chi connectivity index (χ1) is 24.6. The zero-order chi connectivity index (χ0) is 36.4. The Bertz CT molecular complexity index is 600. The maximum absolute atomic E-state index is 11.6. The molecule has 300 valence electrons. The molecule has 0 spiro atoms. The molecule has 0 aromatic heterocycles. The van der Waals surface area contributed by atoms with Crippen LogP contribution in [0.25, 0.3) is 0 Å². The third-order valence-electron chi connectivity index (χ3n) is 11.5. The van der Waals surface area contributed by atoms with Gasteiger partial charge in [-0.15, -0.1) is 0 Å². The van der Waals surface area contributed by atoms with Gasteiger partial charge in [0.1, 0.15) is 0 Å². The van der Waals surface area contributed by atoms with Gasteiger partial charge in [-0.05, 0) is 32.9 Å². The summed E-state index contributed by atoms with van der Waals surface area (Å²) < 4.78 is 0. The van der Waals surface area contributed by atoms with Crippen molar-refractivity contribution >= 4 is 5.97 Å². The van der Waals surface area contributed by atoms with E-state index in [1.54, 1.807) is 0 Å². The van der Waals surface area contributed by atoms with E-state index in [-0.39, 0.29) is 18.9 Å². The second-order valence-corrected chi connectivity index (χ2v) is 16.5. The summed E-state index contributed by atoms with van der Waals surface area (Å²) in [5.74, 6) is -0.911. The van der Waals surface area contributed by atoms with Gasteiger partial charge in [0, 0.05) is 6.04 Å². The van der Waals surface area contributed by atoms with Gasteiger partial charge < -0.3 is 9.90 Å². The Morgan fingerprint density at radius 1 is 0.353 bits per heavy atom. The normalized spacial score (nSPS) is 12.1. The van der Waals surface area contributed by atoms with Crippen LogP contribution in [0.1, 0.15) is 278 Å². The first-order valence-corrected chi connectivity index (χ1v) is 23.6. The Labute approximate surface area is 335 Å². The summed E-state index contributed by atoms with van der Waals surface area (Å²) in [5, 5.41) is 11.6. The average Bonchev–Trinajstić information content (AvgIpc) is 3.12. The first kappa shape index (κ1) is 53.1. The number of hydrogen-bond acceptors (Lipinski definition) is 3. The van der Waals surface area contributed by atoms with Gasteiger partial charge >= 0.3 is 18.9 Å². The third kappa shape index (κ3) is 42.6. The molecule has 0 aliphatic rings. The predicted molar refractivity (Wildman–Crippen MR) is 222 cm³/mol. The summed E-state index contributed by atoms with van der Waals surface area (Å²) in [4.78, 5) is 13.8. The Hall–Kier alpha value is 0.0274. The molecule has 0 saturated heterocycles. The van der Waals surface area contributed by atoms with Crippen molar-refractivity contribution in [3.8, 4) is 0 Å². The molecule has 0 amide bonds. The van der Waals surface area contributed by atoms with Crippen LogP contribution in [-0.2, 0) is 4.79 Å². The van der Waals surface area contributed by atoms with E-state index in [4.69, 9.17) is 0 Å². The number of rotatable bonds is 44. The monoisotopic (exact) mass is 712 g/mol. The van der Waals surface area contributed by atoms with Crippen molar-refractivity contribution in [3.05, 3.63) is 0 Å². The second kappa shape index (κ2) is 46.2. The molecule has 0 bridgehead atoms. The zero-order valence-corrected chi connectivity index (χ0v) is 36.0. The molecule has 0 rings (SSSR count). The maximum atomic E-state index is 11.6. The van der Waals surface area contributed by atoms with E-state index in [2.05, 4.69) is 18.7 Å². The van der Waals surface area contributed by atoms with E-state index in [1.165, 1.54) is 244 Å². The molecular weight excluding hydrogens is 617 g/mol. The van der Waals surface area contributed by atoms with Crippen LogP contribution in [0, 0.1) is 0 Å². The van der Waals surface area contributed by atoms with E-state index in [9.17, 15) is 9.90 Å². The van der Waals surface area contributed by atoms with Crippen molar-refractivity contribution in [2.75, 3.05) is 13.1 Å². The van der Waals surface area contributed by atoms with Crippen LogP contribution < -0.4 is 24.0 Å². The molecule has 0 aliphatic heterocycles. The molecule has 0 aromatic carbocycles. The van der Waals surface area contributed by atoms with E-state index in [0.29, 0.717) is 0 Å². The Morgan fingerprint density at radius 2 is 0.510 bits per heavy atom. The Morgan fingerprint density at radius 3 is 0.667 bits per heavy atom. The van der Waals surface area contributed by atoms with Crippen molar-refractivity contribution in [1.29, 1.82) is 0 Å². The van der Waals surface area contributed by atoms with E-state index in [1.807, 2.05) is 6.92 Å². The van der Waals surface area contributed by atoms with Crippen molar-refractivity contribution in [2.24, 2.45) is 0 Å². The van der Waals surface area contributed by atoms with Crippen LogP contribution in [0.15, 0.2) is 0 Å². The Balaban J connectivity index is 0. The topological polar surface area (TPSA) is 43.4 Å². The molecule has 0 saturated carbocycles. The fourth-order valence-electron chi connectivity index (χ4n) is 7.79. The minimum Gasteiger partial charge on any atom is -0.548 e. The van der Waals surface area contributed by atoms with Crippen LogP contribution in [-0.4, -0.2) is 30.0 Å². The SMILES string of the molecule is CCCCCCCCCCCCCCCCCCCCCCN(CCCCCCCCCCCCCCCCCCCCCC)C(C)C(=O)[O-].[Li+]. The minimum absolute atomic E-state index is 0. The van der Waals surface area contributed by atoms with Gasteiger partial charge in [0.15, 0.2) is 0 Å². The molecule has 0 aliphatic carbocycles. The number of nitrogens with zero attached hydrogens (tertiary/aromatic N) is 1. The average molecular weight is 712 g/mol. The quantitative estimate of drug-likeness (QED) is 0.0467. The van der Waals surface area contributed by atoms with Crippen molar-refractivity contribution in [1.82, 2.24) is 4.90 Å². The van der Waals surface area contributed by atoms with Gasteiger partial charge in [0.25, 0.3) is 0 Å². The van der Waals surface area contributed by atoms with Crippen molar-refractivity contribution in [3.63, 3.8) is 0 Å². The summed E-state index contributed by atoms with van der Waals surface area (Å²) in [6, 6.07) is -0.462. The Kier molecular flexibility index (Phi) is 48.1. The molecule has 3 nitrogen and oxygen atoms in total. The van der Waals surface area contributed by atoms with Crippen LogP contribution in [0.3, 0.4) is 0 Å². The number of hydrogen-bond donors (Lipinski definition) is 0. The molecule has 4 heteroatoms. The maximum Gasteiger partial charge on any atom is 1.00 e. The number of carboxylic acid groups (broad SMARTS) is 1. The number of carbonyl (C=O) groups is 1. The zero-order valence-electron chi connectivity index (χ0n) is 36.0. The summed E-state index contributed by atoms with van der Waals surface area (Å²) >= 11 is 0. The third-order valence-corrected chi connectivity index (χ3v) is 11.5. The van der Waals surface area contributed by atoms with Crippen LogP contribution in [0.2, 0.25) is 0 Å². The molecular formula is C47H94LiNO2. The van der Waals surface area contributed by atoms with Crippen molar-refractivity contribution in [2.45, 2.75) is 284 Å². The minimum atomic E-state index is -0.911. The molecule has 1 atom stereocenters. The summed E-state index contributed by atoms with van der Waals surface area (Å²) in [6.07, 6.45) is 55.7. The molecule has 0 N–H and O–H groups in total. The van der Waals surface area contributed by atoms with E-state index in [0.717, 1.165) is 25.9 Å². The van der Waals surface area contributed by atoms with Gasteiger partial charge in [-0.3, -0.25) is 4.90 Å². The predicted octanol–water partition coefficient (Wildman–Crippen LogP) is 12.1. The molecule has 51 heavy (non-hydrogen) atoms. The number of aliphatic carboxylic acids is 1. The summed E-state index contributed by atoms with van der Waals surface area (Å²) in [6.45, 7) is 8.24. The second-order valence-electron chi connectivity index (χ2n) is 16.5. The largest absolute Gasteiger partial charge is 1.00 e. The number of unbranched alkanes of at least 4 members (excludes halogenated alkanes) is 38. The van der Waals surface area contributed by atoms with Gasteiger partial charge in [-0.25, -0.2) is 0 Å². The van der Waals surface area contributed by atoms with Crippen LogP contribution in [0.5, 0.6) is 0 Å². The number of carbonyl (C=O) groups excluding carboxylic acids is 1. The van der Waals surface area contributed by atoms with E-state index >= 15 is 0 Å².